The highest BCUT2D eigenvalue weighted by Gasteiger charge is 2.60. The third kappa shape index (κ3) is 4.03. The van der Waals surface area contributed by atoms with Crippen LogP contribution in [0.4, 0.5) is 0 Å². The molecule has 0 nitrogen and oxygen atoms in total. The molecular weight excluding hydrogens is 448 g/mol. The Morgan fingerprint density at radius 3 is 1.78 bits per heavy atom. The highest BCUT2D eigenvalue weighted by molar-refractivity contribution is 6.81. The number of allylic oxidation sites excluding steroid dienone is 12. The van der Waals surface area contributed by atoms with Gasteiger partial charge in [-0.25, -0.2) is 0 Å². The summed E-state index contributed by atoms with van der Waals surface area (Å²) in [5.41, 5.74) is 4.86. The number of unbranched alkanes of at least 4 members (excludes halogenated alkanes) is 5. The van der Waals surface area contributed by atoms with Gasteiger partial charge in [-0.15, -0.1) is 0 Å². The molecule has 1 heteroatoms. The van der Waals surface area contributed by atoms with Crippen molar-refractivity contribution in [3.63, 3.8) is 0 Å². The van der Waals surface area contributed by atoms with Crippen LogP contribution in [-0.4, -0.2) is 8.07 Å². The van der Waals surface area contributed by atoms with E-state index in [1.165, 1.54) is 44.6 Å². The van der Waals surface area contributed by atoms with E-state index in [2.05, 4.69) is 111 Å². The van der Waals surface area contributed by atoms with E-state index < -0.39 is 8.07 Å². The molecule has 0 amide bonds. The first-order valence-corrected chi connectivity index (χ1v) is 17.7. The molecule has 1 saturated carbocycles. The van der Waals surface area contributed by atoms with Crippen molar-refractivity contribution in [1.82, 2.24) is 0 Å². The van der Waals surface area contributed by atoms with Gasteiger partial charge in [-0.3, -0.25) is 0 Å². The monoisotopic (exact) mass is 492 g/mol. The van der Waals surface area contributed by atoms with Gasteiger partial charge in [-0.1, -0.05) is 155 Å². The van der Waals surface area contributed by atoms with Crippen molar-refractivity contribution in [2.75, 3.05) is 0 Å². The van der Waals surface area contributed by atoms with Crippen LogP contribution in [-0.2, 0) is 0 Å². The van der Waals surface area contributed by atoms with Crippen LogP contribution < -0.4 is 0 Å². The van der Waals surface area contributed by atoms with Crippen LogP contribution in [0, 0.1) is 29.6 Å². The summed E-state index contributed by atoms with van der Waals surface area (Å²) in [5, 5.41) is 0. The van der Waals surface area contributed by atoms with Crippen LogP contribution in [0.15, 0.2) is 97.2 Å². The molecule has 1 aromatic carbocycles. The molecule has 36 heavy (non-hydrogen) atoms. The van der Waals surface area contributed by atoms with Crippen LogP contribution in [0.1, 0.15) is 68.0 Å². The average molecular weight is 493 g/mol. The van der Waals surface area contributed by atoms with E-state index in [1.807, 2.05) is 0 Å². The fourth-order valence-corrected chi connectivity index (χ4v) is 15.7. The first-order chi connectivity index (χ1) is 17.7. The Morgan fingerprint density at radius 1 is 0.583 bits per heavy atom. The Hall–Kier alpha value is -2.12. The predicted molar refractivity (Wildman–Crippen MR) is 158 cm³/mol. The van der Waals surface area contributed by atoms with E-state index in [0.29, 0.717) is 35.5 Å². The van der Waals surface area contributed by atoms with E-state index in [1.54, 1.807) is 11.1 Å². The highest BCUT2D eigenvalue weighted by atomic mass is 28.3. The van der Waals surface area contributed by atoms with Gasteiger partial charge in [0.05, 0.1) is 8.07 Å². The minimum atomic E-state index is -1.78. The fraction of sp³-hybridized carbons (Fsp3) is 0.486. The van der Waals surface area contributed by atoms with Crippen molar-refractivity contribution in [3.05, 3.63) is 108 Å². The second-order valence-corrected chi connectivity index (χ2v) is 17.2. The van der Waals surface area contributed by atoms with Gasteiger partial charge in [0, 0.05) is 5.92 Å². The van der Waals surface area contributed by atoms with Crippen LogP contribution in [0.2, 0.25) is 18.1 Å². The van der Waals surface area contributed by atoms with Gasteiger partial charge < -0.3 is 0 Å². The van der Waals surface area contributed by atoms with Gasteiger partial charge >= 0.3 is 0 Å². The molecule has 0 radical (unpaired) electrons. The number of rotatable bonds is 9. The lowest BCUT2D eigenvalue weighted by Crippen LogP contribution is -2.49. The standard InChI is InChI=1S/C35H44Si/c1-3-4-5-6-7-16-25-36(2,34-30-21-12-8-17-26(30)27-18-9-13-22-31(27)34)35-32-23-14-10-19-28(32)29-20-11-15-24-33(29)35/h8-15,17-24,26-28,30-32,34-35H,3-7,16,25H2,1-2H3/t26?,27?,28?,30?,31?,32?,34?,35?,36-/m0/s1. The summed E-state index contributed by atoms with van der Waals surface area (Å²) in [4.78, 5) is 0. The van der Waals surface area contributed by atoms with Crippen molar-refractivity contribution in [2.24, 2.45) is 29.6 Å². The van der Waals surface area contributed by atoms with Crippen molar-refractivity contribution in [2.45, 2.75) is 75.0 Å². The average Bonchev–Trinajstić information content (AvgIpc) is 3.45. The van der Waals surface area contributed by atoms with Gasteiger partial charge in [0.2, 0.25) is 0 Å². The molecule has 188 valence electrons. The minimum Gasteiger partial charge on any atom is -0.0808 e. The van der Waals surface area contributed by atoms with Crippen LogP contribution in [0.25, 0.3) is 0 Å². The van der Waals surface area contributed by atoms with Crippen LogP contribution >= 0.6 is 0 Å². The number of benzene rings is 1. The molecule has 1 fully saturated rings. The van der Waals surface area contributed by atoms with E-state index in [9.17, 15) is 0 Å². The summed E-state index contributed by atoms with van der Waals surface area (Å²) in [5.74, 6) is 3.97. The molecule has 1 aromatic rings. The second-order valence-electron chi connectivity index (χ2n) is 12.4. The molecule has 0 N–H and O–H groups in total. The third-order valence-electron chi connectivity index (χ3n) is 10.5. The smallest absolute Gasteiger partial charge is 0.0633 e. The van der Waals surface area contributed by atoms with Gasteiger partial charge in [-0.2, -0.15) is 0 Å². The Bertz CT molecular complexity index is 1080. The lowest BCUT2D eigenvalue weighted by atomic mass is 9.83. The topological polar surface area (TPSA) is 0 Å². The van der Waals surface area contributed by atoms with Gasteiger partial charge in [0.1, 0.15) is 0 Å². The lowest BCUT2D eigenvalue weighted by molar-refractivity contribution is 0.461. The highest BCUT2D eigenvalue weighted by Crippen LogP contribution is 2.65. The summed E-state index contributed by atoms with van der Waals surface area (Å²) >= 11 is 0. The minimum absolute atomic E-state index is 0.573. The van der Waals surface area contributed by atoms with Crippen LogP contribution in [0.5, 0.6) is 0 Å². The molecule has 5 aliphatic carbocycles. The van der Waals surface area contributed by atoms with Crippen molar-refractivity contribution >= 4 is 8.07 Å². The van der Waals surface area contributed by atoms with Crippen LogP contribution in [0.3, 0.4) is 0 Å². The summed E-state index contributed by atoms with van der Waals surface area (Å²) in [7, 11) is -1.78. The Balaban J connectivity index is 1.41. The number of hydrogen-bond acceptors (Lipinski definition) is 0. The molecule has 0 aliphatic heterocycles. The van der Waals surface area contributed by atoms with Crippen molar-refractivity contribution in [3.8, 4) is 0 Å². The summed E-state index contributed by atoms with van der Waals surface area (Å²) in [6.45, 7) is 5.19. The molecule has 7 unspecified atom stereocenters. The van der Waals surface area contributed by atoms with E-state index in [0.717, 1.165) is 11.1 Å². The van der Waals surface area contributed by atoms with Gasteiger partial charge in [0.25, 0.3) is 0 Å². The largest absolute Gasteiger partial charge is 0.0808 e. The SMILES string of the molecule is CCCCCCCC[Si@](C)(C1c2ccccc2C2C=CC=CC21)C1C2C=CC=CC2C2C=CC=CC21. The molecule has 0 bridgehead atoms. The lowest BCUT2D eigenvalue weighted by Gasteiger charge is -2.47. The summed E-state index contributed by atoms with van der Waals surface area (Å²) < 4.78 is 0. The number of hydrogen-bond donors (Lipinski definition) is 0. The van der Waals surface area contributed by atoms with Gasteiger partial charge in [-0.05, 0) is 51.8 Å². The van der Waals surface area contributed by atoms with Crippen molar-refractivity contribution in [1.29, 1.82) is 0 Å². The molecule has 6 rings (SSSR count). The zero-order valence-corrected chi connectivity index (χ0v) is 23.3. The third-order valence-corrected chi connectivity index (χ3v) is 16.4. The number of fused-ring (bicyclic) bond motifs is 6. The summed E-state index contributed by atoms with van der Waals surface area (Å²) in [6, 6.07) is 11.0. The van der Waals surface area contributed by atoms with E-state index in [4.69, 9.17) is 0 Å². The summed E-state index contributed by atoms with van der Waals surface area (Å²) in [6.07, 6.45) is 37.9. The fourth-order valence-electron chi connectivity index (χ4n) is 9.08. The molecular formula is C35H44Si. The molecule has 0 heterocycles. The Labute approximate surface area is 220 Å². The maximum atomic E-state index is 2.86. The van der Waals surface area contributed by atoms with Crippen molar-refractivity contribution < 1.29 is 0 Å². The Morgan fingerprint density at radius 2 is 1.11 bits per heavy atom. The first-order valence-electron chi connectivity index (χ1n) is 14.9. The molecule has 0 saturated heterocycles. The maximum Gasteiger partial charge on any atom is 0.0633 e. The Kier molecular flexibility index (Phi) is 6.95. The van der Waals surface area contributed by atoms with E-state index in [-0.39, 0.29) is 0 Å². The molecule has 0 aromatic heterocycles. The van der Waals surface area contributed by atoms with E-state index >= 15 is 0 Å². The maximum absolute atomic E-state index is 2.86. The second kappa shape index (κ2) is 10.3. The van der Waals surface area contributed by atoms with Gasteiger partial charge in [0.15, 0.2) is 0 Å². The predicted octanol–water partition coefficient (Wildman–Crippen LogP) is 9.69. The normalized spacial score (nSPS) is 36.4. The quantitative estimate of drug-likeness (QED) is 0.238. The molecule has 8 atom stereocenters. The zero-order valence-electron chi connectivity index (χ0n) is 22.3. The molecule has 5 aliphatic rings. The molecule has 0 spiro atoms. The first kappa shape index (κ1) is 24.2. The zero-order chi connectivity index (χ0) is 24.5.